The third kappa shape index (κ3) is 8.96. The number of ether oxygens (including phenoxy) is 2. The summed E-state index contributed by atoms with van der Waals surface area (Å²) >= 11 is 1.54. The number of aromatic nitrogens is 4. The van der Waals surface area contributed by atoms with Gasteiger partial charge in [-0.1, -0.05) is 78.5 Å². The Labute approximate surface area is 265 Å². The number of benzene rings is 3. The van der Waals surface area contributed by atoms with Gasteiger partial charge in [0.25, 0.3) is 0 Å². The Hall–Kier alpha value is -4.14. The van der Waals surface area contributed by atoms with Crippen LogP contribution in [0.5, 0.6) is 0 Å². The van der Waals surface area contributed by atoms with E-state index < -0.39 is 12.2 Å². The highest BCUT2D eigenvalue weighted by Crippen LogP contribution is 2.39. The highest BCUT2D eigenvalue weighted by Gasteiger charge is 2.32. The zero-order chi connectivity index (χ0) is 31.6. The lowest BCUT2D eigenvalue weighted by molar-refractivity contribution is -0.245. The number of rotatable bonds is 13. The van der Waals surface area contributed by atoms with Crippen LogP contribution in [0.2, 0.25) is 0 Å². The Kier molecular flexibility index (Phi) is 11.3. The predicted molar refractivity (Wildman–Crippen MR) is 165 cm³/mol. The topological polar surface area (TPSA) is 161 Å². The number of aliphatic hydroxyl groups is 1. The normalized spacial score (nSPS) is 18.0. The number of amides is 2. The van der Waals surface area contributed by atoms with Crippen molar-refractivity contribution in [3.63, 3.8) is 0 Å². The van der Waals surface area contributed by atoms with Gasteiger partial charge in [-0.15, -0.1) is 5.10 Å². The molecule has 1 fully saturated rings. The smallest absolute Gasteiger partial charge is 0.243 e. The number of hydrogen-bond acceptors (Lipinski definition) is 10. The maximum absolute atomic E-state index is 12.2. The molecule has 0 saturated carbocycles. The van der Waals surface area contributed by atoms with E-state index in [9.17, 15) is 14.7 Å². The minimum atomic E-state index is -0.580. The molecule has 1 aromatic heterocycles. The average Bonchev–Trinajstić information content (AvgIpc) is 3.50. The van der Waals surface area contributed by atoms with E-state index in [-0.39, 0.29) is 37.6 Å². The van der Waals surface area contributed by atoms with Crippen molar-refractivity contribution in [3.05, 3.63) is 95.1 Å². The number of carbonyl (C=O) groups is 2. The highest BCUT2D eigenvalue weighted by atomic mass is 32.2. The maximum atomic E-state index is 12.2. The van der Waals surface area contributed by atoms with Gasteiger partial charge < -0.3 is 19.9 Å². The number of aliphatic hydroxyl groups excluding tert-OH is 1. The molecule has 0 bridgehead atoms. The summed E-state index contributed by atoms with van der Waals surface area (Å²) in [5.74, 6) is -0.0134. The van der Waals surface area contributed by atoms with Gasteiger partial charge in [0, 0.05) is 44.2 Å². The quantitative estimate of drug-likeness (QED) is 0.0964. The molecule has 0 spiro atoms. The summed E-state index contributed by atoms with van der Waals surface area (Å²) in [6, 6.07) is 23.8. The molecule has 0 unspecified atom stereocenters. The Morgan fingerprint density at radius 1 is 0.956 bits per heavy atom. The molecule has 5 rings (SSSR count). The minimum Gasteiger partial charge on any atom is -0.392 e. The number of nitrogens with zero attached hydrogens (tertiary/aromatic N) is 4. The molecule has 1 aliphatic rings. The monoisotopic (exact) mass is 632 g/mol. The van der Waals surface area contributed by atoms with Crippen molar-refractivity contribution in [1.29, 1.82) is 0 Å². The molecule has 1 saturated heterocycles. The number of hydroxylamine groups is 1. The first-order valence-electron chi connectivity index (χ1n) is 14.7. The summed E-state index contributed by atoms with van der Waals surface area (Å²) in [7, 11) is 1.81. The van der Waals surface area contributed by atoms with Crippen LogP contribution >= 0.6 is 11.8 Å². The molecule has 13 heteroatoms. The van der Waals surface area contributed by atoms with E-state index in [4.69, 9.17) is 14.7 Å². The van der Waals surface area contributed by atoms with Crippen LogP contribution in [0, 0.1) is 0 Å². The van der Waals surface area contributed by atoms with E-state index in [1.54, 1.807) is 17.2 Å². The van der Waals surface area contributed by atoms with Crippen molar-refractivity contribution in [1.82, 2.24) is 31.0 Å². The summed E-state index contributed by atoms with van der Waals surface area (Å²) in [5.41, 5.74) is 7.29. The molecule has 2 heterocycles. The zero-order valence-corrected chi connectivity index (χ0v) is 25.7. The van der Waals surface area contributed by atoms with Gasteiger partial charge in [-0.05, 0) is 50.7 Å². The molecule has 0 aliphatic carbocycles. The van der Waals surface area contributed by atoms with Gasteiger partial charge in [0.15, 0.2) is 6.29 Å². The summed E-state index contributed by atoms with van der Waals surface area (Å²) < 4.78 is 14.5. The molecule has 236 valence electrons. The number of aryl methyl sites for hydroxylation is 1. The summed E-state index contributed by atoms with van der Waals surface area (Å²) in [5, 5.41) is 33.3. The van der Waals surface area contributed by atoms with Crippen molar-refractivity contribution < 1.29 is 29.4 Å². The number of tetrazole rings is 1. The fourth-order valence-corrected chi connectivity index (χ4v) is 5.85. The Balaban J connectivity index is 1.24. The molecular weight excluding hydrogens is 596 g/mol. The maximum Gasteiger partial charge on any atom is 0.243 e. The fraction of sp³-hybridized carbons (Fsp3) is 0.344. The second kappa shape index (κ2) is 15.7. The SMILES string of the molecule is Cn1nnnc1SC[C@@H]1C[C@H](c2ccc(CO)cc2)O[C@H](c2ccc(-c3cccc(CNC(=O)CCCC(=O)NO)c3)cc2)O1. The van der Waals surface area contributed by atoms with Crippen LogP contribution < -0.4 is 10.8 Å². The van der Waals surface area contributed by atoms with Crippen LogP contribution in [-0.2, 0) is 39.3 Å². The van der Waals surface area contributed by atoms with Crippen LogP contribution in [0.4, 0.5) is 0 Å². The molecule has 45 heavy (non-hydrogen) atoms. The van der Waals surface area contributed by atoms with Crippen molar-refractivity contribution in [2.45, 2.75) is 62.5 Å². The molecule has 2 amide bonds. The lowest BCUT2D eigenvalue weighted by Gasteiger charge is -2.36. The van der Waals surface area contributed by atoms with Crippen LogP contribution in [0.3, 0.4) is 0 Å². The van der Waals surface area contributed by atoms with E-state index in [0.717, 1.165) is 33.4 Å². The molecular formula is C32H36N6O6S. The molecule has 12 nitrogen and oxygen atoms in total. The van der Waals surface area contributed by atoms with Crippen LogP contribution in [0.1, 0.15) is 60.3 Å². The van der Waals surface area contributed by atoms with Crippen molar-refractivity contribution >= 4 is 23.6 Å². The number of nitrogens with one attached hydrogen (secondary N) is 2. The van der Waals surface area contributed by atoms with E-state index in [1.807, 2.05) is 72.8 Å². The van der Waals surface area contributed by atoms with Gasteiger partial charge in [-0.3, -0.25) is 14.8 Å². The lowest BCUT2D eigenvalue weighted by Crippen LogP contribution is -2.31. The second-order valence-corrected chi connectivity index (χ2v) is 11.7. The zero-order valence-electron chi connectivity index (χ0n) is 24.8. The van der Waals surface area contributed by atoms with Gasteiger partial charge in [-0.25, -0.2) is 10.2 Å². The van der Waals surface area contributed by atoms with Gasteiger partial charge in [0.05, 0.1) is 18.8 Å². The third-order valence-corrected chi connectivity index (χ3v) is 8.60. The Morgan fingerprint density at radius 3 is 2.42 bits per heavy atom. The van der Waals surface area contributed by atoms with Gasteiger partial charge in [0.2, 0.25) is 17.0 Å². The first-order valence-corrected chi connectivity index (χ1v) is 15.6. The summed E-state index contributed by atoms with van der Waals surface area (Å²) in [6.45, 7) is 0.352. The predicted octanol–water partition coefficient (Wildman–Crippen LogP) is 4.00. The molecule has 0 radical (unpaired) electrons. The fourth-order valence-electron chi connectivity index (χ4n) is 4.98. The van der Waals surface area contributed by atoms with E-state index in [0.29, 0.717) is 30.3 Å². The van der Waals surface area contributed by atoms with Crippen molar-refractivity contribution in [2.75, 3.05) is 5.75 Å². The largest absolute Gasteiger partial charge is 0.392 e. The standard InChI is InChI=1S/C32H36N6O6S/c1-38-32(34-36-37-38)45-20-27-17-28(24-10-8-21(19-39)9-11-24)44-31(43-27)25-14-12-23(13-15-25)26-5-2-4-22(16-26)18-33-29(40)6-3-7-30(41)35-42/h2,4-5,8-16,27-28,31,39,42H,3,6-7,17-20H2,1H3,(H,33,40)(H,35,41)/t27-,28+,31+/m0/s1. The van der Waals surface area contributed by atoms with E-state index in [2.05, 4.69) is 20.8 Å². The summed E-state index contributed by atoms with van der Waals surface area (Å²) in [4.78, 5) is 23.3. The van der Waals surface area contributed by atoms with Crippen LogP contribution in [-0.4, -0.2) is 54.2 Å². The lowest BCUT2D eigenvalue weighted by atomic mass is 9.99. The Morgan fingerprint density at radius 2 is 1.71 bits per heavy atom. The first-order chi connectivity index (χ1) is 21.9. The van der Waals surface area contributed by atoms with Crippen molar-refractivity contribution in [2.24, 2.45) is 7.05 Å². The third-order valence-electron chi connectivity index (χ3n) is 7.46. The van der Waals surface area contributed by atoms with Gasteiger partial charge in [-0.2, -0.15) is 0 Å². The van der Waals surface area contributed by atoms with Gasteiger partial charge in [0.1, 0.15) is 0 Å². The van der Waals surface area contributed by atoms with Gasteiger partial charge >= 0.3 is 0 Å². The molecule has 4 aromatic rings. The number of thioether (sulfide) groups is 1. The molecule has 3 aromatic carbocycles. The van der Waals surface area contributed by atoms with Crippen molar-refractivity contribution in [3.8, 4) is 11.1 Å². The average molecular weight is 633 g/mol. The van der Waals surface area contributed by atoms with E-state index >= 15 is 0 Å². The molecule has 3 atom stereocenters. The molecule has 4 N–H and O–H groups in total. The highest BCUT2D eigenvalue weighted by molar-refractivity contribution is 7.99. The molecule has 1 aliphatic heterocycles. The van der Waals surface area contributed by atoms with E-state index in [1.165, 1.54) is 11.8 Å². The second-order valence-electron chi connectivity index (χ2n) is 10.7. The Bertz CT molecular complexity index is 1570. The van der Waals surface area contributed by atoms with Crippen LogP contribution in [0.25, 0.3) is 11.1 Å². The van der Waals surface area contributed by atoms with Crippen LogP contribution in [0.15, 0.2) is 78.0 Å². The summed E-state index contributed by atoms with van der Waals surface area (Å²) in [6.07, 6.45) is 0.408. The number of hydrogen-bond donors (Lipinski definition) is 4. The first kappa shape index (κ1) is 32.3. The number of carbonyl (C=O) groups excluding carboxylic acids is 2. The minimum absolute atomic E-state index is 0.0141.